The average molecular weight is 410 g/mol. The third-order valence-electron chi connectivity index (χ3n) is 3.71. The van der Waals surface area contributed by atoms with Crippen LogP contribution in [-0.2, 0) is 13.2 Å². The van der Waals surface area contributed by atoms with Crippen molar-refractivity contribution < 1.29 is 18.6 Å². The number of ether oxygens (including phenoxy) is 1. The molecule has 0 saturated carbocycles. The zero-order valence-electron chi connectivity index (χ0n) is 13.2. The van der Waals surface area contributed by atoms with Crippen molar-refractivity contribution >= 4 is 32.7 Å². The van der Waals surface area contributed by atoms with Crippen LogP contribution in [0.3, 0.4) is 0 Å². The molecule has 5 nitrogen and oxygen atoms in total. The molecule has 0 saturated heterocycles. The van der Waals surface area contributed by atoms with Crippen molar-refractivity contribution in [1.29, 1.82) is 0 Å². The molecule has 3 aromatic rings. The fraction of sp³-hybridized carbons (Fsp3) is 0.176. The minimum absolute atomic E-state index is 0.0942. The first kappa shape index (κ1) is 17.5. The molecule has 0 spiro atoms. The minimum atomic E-state index is -0.664. The van der Waals surface area contributed by atoms with Gasteiger partial charge >= 0.3 is 0 Å². The van der Waals surface area contributed by atoms with Crippen LogP contribution >= 0.6 is 15.9 Å². The van der Waals surface area contributed by atoms with Crippen LogP contribution < -0.4 is 10.1 Å². The Hall–Kier alpha value is -2.32. The quantitative estimate of drug-likeness (QED) is 0.670. The molecular weight excluding hydrogens is 396 g/mol. The van der Waals surface area contributed by atoms with Gasteiger partial charge in [-0.3, -0.25) is 0 Å². The van der Waals surface area contributed by atoms with E-state index in [1.165, 1.54) is 25.4 Å². The van der Waals surface area contributed by atoms with E-state index in [0.29, 0.717) is 32.6 Å². The number of fused-ring (bicyclic) bond motifs is 1. The van der Waals surface area contributed by atoms with Crippen LogP contribution in [0.25, 0.3) is 11.0 Å². The summed E-state index contributed by atoms with van der Waals surface area (Å²) < 4.78 is 33.4. The highest BCUT2D eigenvalue weighted by Crippen LogP contribution is 2.28. The molecule has 3 rings (SSSR count). The number of nitrogens with one attached hydrogen (secondary N) is 1. The number of halogens is 3. The van der Waals surface area contributed by atoms with Crippen molar-refractivity contribution in [1.82, 2.24) is 9.97 Å². The maximum absolute atomic E-state index is 14.0. The van der Waals surface area contributed by atoms with Crippen LogP contribution in [0, 0.1) is 11.6 Å². The van der Waals surface area contributed by atoms with E-state index in [1.807, 2.05) is 0 Å². The highest BCUT2D eigenvalue weighted by molar-refractivity contribution is 9.10. The second-order valence-corrected chi connectivity index (χ2v) is 6.16. The Morgan fingerprint density at radius 1 is 1.24 bits per heavy atom. The summed E-state index contributed by atoms with van der Waals surface area (Å²) in [5, 5.41) is 13.1. The summed E-state index contributed by atoms with van der Waals surface area (Å²) >= 11 is 3.05. The van der Waals surface area contributed by atoms with Gasteiger partial charge in [0, 0.05) is 39.8 Å². The van der Waals surface area contributed by atoms with E-state index in [4.69, 9.17) is 4.74 Å². The predicted octanol–water partition coefficient (Wildman–Crippen LogP) is 3.78. The second kappa shape index (κ2) is 7.28. The maximum atomic E-state index is 14.0. The lowest BCUT2D eigenvalue weighted by Crippen LogP contribution is -2.08. The Morgan fingerprint density at radius 2 is 1.96 bits per heavy atom. The summed E-state index contributed by atoms with van der Waals surface area (Å²) in [5.74, 6) is -0.932. The lowest BCUT2D eigenvalue weighted by molar-refractivity contribution is 0.282. The van der Waals surface area contributed by atoms with Crippen molar-refractivity contribution in [2.75, 3.05) is 12.4 Å². The van der Waals surface area contributed by atoms with Crippen LogP contribution in [0.4, 0.5) is 14.5 Å². The smallest absolute Gasteiger partial charge is 0.215 e. The lowest BCUT2D eigenvalue weighted by atomic mass is 10.1. The van der Waals surface area contributed by atoms with E-state index in [1.54, 1.807) is 12.1 Å². The molecule has 1 aromatic carbocycles. The number of aromatic nitrogens is 2. The van der Waals surface area contributed by atoms with Gasteiger partial charge in [0.25, 0.3) is 0 Å². The van der Waals surface area contributed by atoms with Gasteiger partial charge in [-0.25, -0.2) is 13.8 Å². The number of aliphatic hydroxyl groups excluding tert-OH is 1. The SMILES string of the molecule is COc1ccc2c(NCc3c(F)cc(Br)cc3F)c(CO)cnc2n1. The molecule has 0 atom stereocenters. The van der Waals surface area contributed by atoms with Crippen molar-refractivity contribution in [2.45, 2.75) is 13.2 Å². The molecule has 0 bridgehead atoms. The largest absolute Gasteiger partial charge is 0.481 e. The summed E-state index contributed by atoms with van der Waals surface area (Å²) in [4.78, 5) is 8.40. The van der Waals surface area contributed by atoms with Gasteiger partial charge in [-0.2, -0.15) is 4.98 Å². The molecule has 0 fully saturated rings. The van der Waals surface area contributed by atoms with Crippen molar-refractivity contribution in [2.24, 2.45) is 0 Å². The topological polar surface area (TPSA) is 67.3 Å². The Morgan fingerprint density at radius 3 is 2.60 bits per heavy atom. The molecule has 0 amide bonds. The number of hydrogen-bond acceptors (Lipinski definition) is 5. The number of rotatable bonds is 5. The number of hydrogen-bond donors (Lipinski definition) is 2. The normalized spacial score (nSPS) is 10.9. The van der Waals surface area contributed by atoms with Crippen LogP contribution in [0.15, 0.2) is 34.9 Å². The van der Waals surface area contributed by atoms with Crippen molar-refractivity contribution in [3.05, 3.63) is 57.7 Å². The van der Waals surface area contributed by atoms with Gasteiger partial charge in [0.1, 0.15) is 11.6 Å². The molecule has 2 aromatic heterocycles. The monoisotopic (exact) mass is 409 g/mol. The van der Waals surface area contributed by atoms with E-state index < -0.39 is 11.6 Å². The van der Waals surface area contributed by atoms with E-state index in [9.17, 15) is 13.9 Å². The molecule has 0 aliphatic heterocycles. The van der Waals surface area contributed by atoms with Gasteiger partial charge in [-0.05, 0) is 18.2 Å². The first-order valence-corrected chi connectivity index (χ1v) is 8.13. The fourth-order valence-electron chi connectivity index (χ4n) is 2.46. The number of benzene rings is 1. The summed E-state index contributed by atoms with van der Waals surface area (Å²) in [6.07, 6.45) is 1.46. The Kier molecular flexibility index (Phi) is 5.10. The maximum Gasteiger partial charge on any atom is 0.215 e. The third kappa shape index (κ3) is 3.54. The Bertz CT molecular complexity index is 914. The van der Waals surface area contributed by atoms with E-state index in [-0.39, 0.29) is 18.7 Å². The zero-order valence-corrected chi connectivity index (χ0v) is 14.8. The first-order valence-electron chi connectivity index (χ1n) is 7.34. The molecule has 0 aliphatic rings. The Labute approximate surface area is 150 Å². The van der Waals surface area contributed by atoms with Crippen molar-refractivity contribution in [3.8, 4) is 5.88 Å². The number of anilines is 1. The van der Waals surface area contributed by atoms with Gasteiger partial charge in [-0.15, -0.1) is 0 Å². The molecule has 2 heterocycles. The summed E-state index contributed by atoms with van der Waals surface area (Å²) in [5.41, 5.74) is 1.32. The summed E-state index contributed by atoms with van der Waals surface area (Å²) in [6.45, 7) is -0.369. The minimum Gasteiger partial charge on any atom is -0.481 e. The van der Waals surface area contributed by atoms with E-state index in [2.05, 4.69) is 31.2 Å². The summed E-state index contributed by atoms with van der Waals surface area (Å²) in [6, 6.07) is 5.77. The van der Waals surface area contributed by atoms with Gasteiger partial charge in [0.15, 0.2) is 5.65 Å². The highest BCUT2D eigenvalue weighted by atomic mass is 79.9. The van der Waals surface area contributed by atoms with Crippen molar-refractivity contribution in [3.63, 3.8) is 0 Å². The van der Waals surface area contributed by atoms with Gasteiger partial charge < -0.3 is 15.2 Å². The first-order chi connectivity index (χ1) is 12.0. The zero-order chi connectivity index (χ0) is 18.0. The molecule has 130 valence electrons. The Balaban J connectivity index is 2.00. The van der Waals surface area contributed by atoms with Crippen LogP contribution in [0.5, 0.6) is 5.88 Å². The fourth-order valence-corrected chi connectivity index (χ4v) is 2.86. The number of methoxy groups -OCH3 is 1. The molecule has 8 heteroatoms. The molecule has 0 unspecified atom stereocenters. The van der Waals surface area contributed by atoms with E-state index in [0.717, 1.165) is 0 Å². The molecule has 2 N–H and O–H groups in total. The van der Waals surface area contributed by atoms with Crippen LogP contribution in [0.2, 0.25) is 0 Å². The van der Waals surface area contributed by atoms with Crippen LogP contribution in [-0.4, -0.2) is 22.2 Å². The highest BCUT2D eigenvalue weighted by Gasteiger charge is 2.14. The van der Waals surface area contributed by atoms with E-state index >= 15 is 0 Å². The molecule has 0 radical (unpaired) electrons. The molecular formula is C17H14BrF2N3O2. The third-order valence-corrected chi connectivity index (χ3v) is 4.17. The van der Waals surface area contributed by atoms with Crippen LogP contribution in [0.1, 0.15) is 11.1 Å². The molecule has 0 aliphatic carbocycles. The lowest BCUT2D eigenvalue weighted by Gasteiger charge is -2.14. The number of pyridine rings is 2. The van der Waals surface area contributed by atoms with Gasteiger partial charge in [-0.1, -0.05) is 15.9 Å². The molecule has 25 heavy (non-hydrogen) atoms. The summed E-state index contributed by atoms with van der Waals surface area (Å²) in [7, 11) is 1.49. The standard InChI is InChI=1S/C17H14BrF2N3O2/c1-25-15-3-2-11-16(9(8-24)6-22-17(11)23-15)21-7-12-13(19)4-10(18)5-14(12)20/h2-6,24H,7-8H2,1H3,(H,21,22,23). The van der Waals surface area contributed by atoms with Gasteiger partial charge in [0.05, 0.1) is 19.4 Å². The number of aliphatic hydroxyl groups is 1. The predicted molar refractivity (Wildman–Crippen MR) is 93.4 cm³/mol. The second-order valence-electron chi connectivity index (χ2n) is 5.24. The average Bonchev–Trinajstić information content (AvgIpc) is 2.60. The number of nitrogens with zero attached hydrogens (tertiary/aromatic N) is 2. The van der Waals surface area contributed by atoms with Gasteiger partial charge in [0.2, 0.25) is 5.88 Å².